The lowest BCUT2D eigenvalue weighted by Gasteiger charge is -2.16. The third-order valence-electron chi connectivity index (χ3n) is 4.18. The molecule has 0 spiro atoms. The Hall–Kier alpha value is -2.21. The summed E-state index contributed by atoms with van der Waals surface area (Å²) in [6.07, 6.45) is 5.51. The minimum Gasteiger partial charge on any atom is -0.339 e. The number of hydrogen-bond acceptors (Lipinski definition) is 4. The van der Waals surface area contributed by atoms with Crippen LogP contribution in [0.25, 0.3) is 0 Å². The van der Waals surface area contributed by atoms with Crippen LogP contribution in [0.5, 0.6) is 0 Å². The summed E-state index contributed by atoms with van der Waals surface area (Å²) in [6.45, 7) is 5.45. The molecule has 6 nitrogen and oxygen atoms in total. The molecule has 1 fully saturated rings. The van der Waals surface area contributed by atoms with Crippen LogP contribution in [0.1, 0.15) is 35.7 Å². The van der Waals surface area contributed by atoms with E-state index in [1.54, 1.807) is 12.7 Å². The molecule has 1 aromatic carbocycles. The van der Waals surface area contributed by atoms with Crippen molar-refractivity contribution in [2.75, 3.05) is 13.1 Å². The molecule has 0 unspecified atom stereocenters. The molecule has 6 heteroatoms. The summed E-state index contributed by atoms with van der Waals surface area (Å²) in [5.74, 6) is 0.154. The number of rotatable bonds is 6. The summed E-state index contributed by atoms with van der Waals surface area (Å²) >= 11 is 0. The van der Waals surface area contributed by atoms with E-state index < -0.39 is 0 Å². The van der Waals surface area contributed by atoms with E-state index in [4.69, 9.17) is 0 Å². The van der Waals surface area contributed by atoms with Crippen LogP contribution in [0, 0.1) is 0 Å². The van der Waals surface area contributed by atoms with Gasteiger partial charge in [-0.05, 0) is 37.5 Å². The molecule has 1 saturated heterocycles. The van der Waals surface area contributed by atoms with Gasteiger partial charge in [-0.3, -0.25) is 9.48 Å². The molecule has 1 aliphatic heterocycles. The van der Waals surface area contributed by atoms with Crippen LogP contribution in [-0.4, -0.2) is 44.7 Å². The molecule has 3 rings (SSSR count). The first kappa shape index (κ1) is 15.7. The Kier molecular flexibility index (Phi) is 5.02. The van der Waals surface area contributed by atoms with Gasteiger partial charge in [0.1, 0.15) is 12.7 Å². The Bertz CT molecular complexity index is 617. The fourth-order valence-electron chi connectivity index (χ4n) is 2.83. The zero-order chi connectivity index (χ0) is 16.1. The Labute approximate surface area is 136 Å². The van der Waals surface area contributed by atoms with Crippen molar-refractivity contribution < 1.29 is 4.79 Å². The number of carbonyl (C=O) groups is 1. The maximum Gasteiger partial charge on any atom is 0.253 e. The van der Waals surface area contributed by atoms with E-state index in [9.17, 15) is 4.79 Å². The first-order valence-electron chi connectivity index (χ1n) is 8.16. The van der Waals surface area contributed by atoms with Crippen molar-refractivity contribution in [2.45, 2.75) is 38.9 Å². The van der Waals surface area contributed by atoms with Crippen molar-refractivity contribution in [3.05, 3.63) is 48.0 Å². The molecule has 1 aromatic heterocycles. The molecule has 122 valence electrons. The first-order valence-corrected chi connectivity index (χ1v) is 8.16. The summed E-state index contributed by atoms with van der Waals surface area (Å²) in [7, 11) is 0. The second-order valence-electron chi connectivity index (χ2n) is 6.10. The number of amides is 1. The third-order valence-corrected chi connectivity index (χ3v) is 4.18. The van der Waals surface area contributed by atoms with Crippen LogP contribution in [0.2, 0.25) is 0 Å². The van der Waals surface area contributed by atoms with Crippen molar-refractivity contribution in [1.29, 1.82) is 0 Å². The lowest BCUT2D eigenvalue weighted by molar-refractivity contribution is 0.0793. The maximum atomic E-state index is 12.3. The standard InChI is InChI=1S/C17H23N5O/c1-14(11-22-13-18-12-20-22)19-10-15-4-6-16(7-5-15)17(23)21-8-2-3-9-21/h4-7,12-14,19H,2-3,8-11H2,1H3/t14-/m0/s1. The zero-order valence-electron chi connectivity index (χ0n) is 13.5. The Morgan fingerprint density at radius 2 is 2.00 bits per heavy atom. The average molecular weight is 313 g/mol. The number of hydrogen-bond donors (Lipinski definition) is 1. The maximum absolute atomic E-state index is 12.3. The van der Waals surface area contributed by atoms with E-state index in [1.807, 2.05) is 33.8 Å². The molecule has 0 saturated carbocycles. The largest absolute Gasteiger partial charge is 0.339 e. The number of carbonyl (C=O) groups excluding carboxylic acids is 1. The quantitative estimate of drug-likeness (QED) is 0.881. The zero-order valence-corrected chi connectivity index (χ0v) is 13.5. The molecule has 2 heterocycles. The molecule has 1 N–H and O–H groups in total. The summed E-state index contributed by atoms with van der Waals surface area (Å²) in [5.41, 5.74) is 1.96. The van der Waals surface area contributed by atoms with Gasteiger partial charge in [-0.25, -0.2) is 4.98 Å². The van der Waals surface area contributed by atoms with E-state index in [0.29, 0.717) is 6.04 Å². The van der Waals surface area contributed by atoms with Crippen LogP contribution < -0.4 is 5.32 Å². The van der Waals surface area contributed by atoms with E-state index >= 15 is 0 Å². The monoisotopic (exact) mass is 313 g/mol. The Morgan fingerprint density at radius 3 is 2.65 bits per heavy atom. The topological polar surface area (TPSA) is 63.1 Å². The summed E-state index contributed by atoms with van der Waals surface area (Å²) in [5, 5.41) is 7.56. The molecule has 1 aliphatic rings. The van der Waals surface area contributed by atoms with Crippen molar-refractivity contribution in [1.82, 2.24) is 25.0 Å². The average Bonchev–Trinajstić information content (AvgIpc) is 3.26. The fraction of sp³-hybridized carbons (Fsp3) is 0.471. The Balaban J connectivity index is 1.50. The highest BCUT2D eigenvalue weighted by Gasteiger charge is 2.19. The molecular weight excluding hydrogens is 290 g/mol. The number of nitrogens with one attached hydrogen (secondary N) is 1. The summed E-state index contributed by atoms with van der Waals surface area (Å²) in [4.78, 5) is 18.2. The van der Waals surface area contributed by atoms with E-state index in [1.165, 1.54) is 5.56 Å². The van der Waals surface area contributed by atoms with E-state index in [0.717, 1.165) is 44.6 Å². The highest BCUT2D eigenvalue weighted by molar-refractivity contribution is 5.94. The highest BCUT2D eigenvalue weighted by Crippen LogP contribution is 2.13. The van der Waals surface area contributed by atoms with Crippen LogP contribution in [0.3, 0.4) is 0 Å². The minimum absolute atomic E-state index is 0.154. The van der Waals surface area contributed by atoms with Gasteiger partial charge in [0, 0.05) is 31.2 Å². The van der Waals surface area contributed by atoms with Gasteiger partial charge in [0.15, 0.2) is 0 Å². The number of aromatic nitrogens is 3. The molecule has 1 amide bonds. The number of benzene rings is 1. The molecule has 1 atom stereocenters. The molecule has 2 aromatic rings. The second-order valence-corrected chi connectivity index (χ2v) is 6.10. The Morgan fingerprint density at radius 1 is 1.26 bits per heavy atom. The van der Waals surface area contributed by atoms with Gasteiger partial charge >= 0.3 is 0 Å². The van der Waals surface area contributed by atoms with E-state index in [-0.39, 0.29) is 5.91 Å². The highest BCUT2D eigenvalue weighted by atomic mass is 16.2. The van der Waals surface area contributed by atoms with Crippen molar-refractivity contribution in [3.63, 3.8) is 0 Å². The van der Waals surface area contributed by atoms with Gasteiger partial charge < -0.3 is 10.2 Å². The van der Waals surface area contributed by atoms with Crippen LogP contribution in [0.4, 0.5) is 0 Å². The molecule has 0 radical (unpaired) electrons. The summed E-state index contributed by atoms with van der Waals surface area (Å²) in [6, 6.07) is 8.21. The lowest BCUT2D eigenvalue weighted by atomic mass is 10.1. The number of nitrogens with zero attached hydrogens (tertiary/aromatic N) is 4. The third kappa shape index (κ3) is 4.16. The van der Waals surface area contributed by atoms with Crippen molar-refractivity contribution in [3.8, 4) is 0 Å². The lowest BCUT2D eigenvalue weighted by Crippen LogP contribution is -2.30. The van der Waals surface area contributed by atoms with E-state index in [2.05, 4.69) is 22.3 Å². The fourth-order valence-corrected chi connectivity index (χ4v) is 2.83. The van der Waals surface area contributed by atoms with Gasteiger partial charge in [-0.15, -0.1) is 0 Å². The number of likely N-dealkylation sites (tertiary alicyclic amines) is 1. The van der Waals surface area contributed by atoms with Crippen molar-refractivity contribution >= 4 is 5.91 Å². The van der Waals surface area contributed by atoms with Crippen LogP contribution in [-0.2, 0) is 13.1 Å². The molecule has 0 aliphatic carbocycles. The van der Waals surface area contributed by atoms with Crippen molar-refractivity contribution in [2.24, 2.45) is 0 Å². The predicted octanol–water partition coefficient (Wildman–Crippen LogP) is 1.69. The normalized spacial score (nSPS) is 15.8. The van der Waals surface area contributed by atoms with Gasteiger partial charge in [0.2, 0.25) is 0 Å². The first-order chi connectivity index (χ1) is 11.2. The van der Waals surface area contributed by atoms with Crippen LogP contribution in [0.15, 0.2) is 36.9 Å². The summed E-state index contributed by atoms with van der Waals surface area (Å²) < 4.78 is 1.81. The predicted molar refractivity (Wildman–Crippen MR) is 87.9 cm³/mol. The second kappa shape index (κ2) is 7.37. The molecular formula is C17H23N5O. The van der Waals surface area contributed by atoms with Gasteiger partial charge in [0.25, 0.3) is 5.91 Å². The molecule has 23 heavy (non-hydrogen) atoms. The van der Waals surface area contributed by atoms with Gasteiger partial charge in [-0.2, -0.15) is 5.10 Å². The molecule has 0 bridgehead atoms. The van der Waals surface area contributed by atoms with Gasteiger partial charge in [0.05, 0.1) is 6.54 Å². The smallest absolute Gasteiger partial charge is 0.253 e. The van der Waals surface area contributed by atoms with Crippen LogP contribution >= 0.6 is 0 Å². The van der Waals surface area contributed by atoms with Gasteiger partial charge in [-0.1, -0.05) is 12.1 Å². The minimum atomic E-state index is 0.154. The SMILES string of the molecule is C[C@@H](Cn1cncn1)NCc1ccc(C(=O)N2CCCC2)cc1.